The molecular formula is C17H19N3O2. The molecule has 0 atom stereocenters. The van der Waals surface area contributed by atoms with Crippen LogP contribution < -0.4 is 10.4 Å². The average molecular weight is 297 g/mol. The molecule has 0 saturated heterocycles. The predicted octanol–water partition coefficient (Wildman–Crippen LogP) is 3.06. The number of aromatic amines is 1. The summed E-state index contributed by atoms with van der Waals surface area (Å²) < 4.78 is 6.93. The first-order chi connectivity index (χ1) is 10.6. The monoisotopic (exact) mass is 297 g/mol. The van der Waals surface area contributed by atoms with Gasteiger partial charge in [-0.3, -0.25) is 9.55 Å². The van der Waals surface area contributed by atoms with Gasteiger partial charge in [-0.05, 0) is 29.7 Å². The Morgan fingerprint density at radius 1 is 1.23 bits per heavy atom. The third-order valence-corrected chi connectivity index (χ3v) is 3.60. The fraction of sp³-hybridized carbons (Fsp3) is 0.294. The number of rotatable bonds is 4. The number of nitrogens with one attached hydrogen (secondary N) is 1. The fourth-order valence-corrected chi connectivity index (χ4v) is 2.52. The highest BCUT2D eigenvalue weighted by Crippen LogP contribution is 2.24. The lowest BCUT2D eigenvalue weighted by atomic mass is 10.1. The molecule has 0 radical (unpaired) electrons. The number of H-pyrrole nitrogens is 1. The normalized spacial score (nSPS) is 11.3. The molecule has 1 aromatic carbocycles. The largest absolute Gasteiger partial charge is 0.497 e. The minimum absolute atomic E-state index is 0.108. The van der Waals surface area contributed by atoms with E-state index >= 15 is 0 Å². The lowest BCUT2D eigenvalue weighted by molar-refractivity contribution is 0.415. The van der Waals surface area contributed by atoms with Crippen LogP contribution in [0.25, 0.3) is 22.3 Å². The van der Waals surface area contributed by atoms with Crippen LogP contribution in [0, 0.1) is 5.92 Å². The Bertz CT molecular complexity index is 844. The Balaban J connectivity index is 2.09. The van der Waals surface area contributed by atoms with E-state index in [1.807, 2.05) is 30.3 Å². The molecule has 0 unspecified atom stereocenters. The number of aromatic nitrogens is 3. The lowest BCUT2D eigenvalue weighted by Gasteiger charge is -2.07. The SMILES string of the molecule is COc1ccc(-c2cnc3[nH]c(=O)n(CC(C)C)c3c2)cc1. The molecule has 5 nitrogen and oxygen atoms in total. The summed E-state index contributed by atoms with van der Waals surface area (Å²) in [5.41, 5.74) is 3.38. The number of ether oxygens (including phenoxy) is 1. The van der Waals surface area contributed by atoms with Crippen LogP contribution >= 0.6 is 0 Å². The van der Waals surface area contributed by atoms with E-state index in [4.69, 9.17) is 4.74 Å². The van der Waals surface area contributed by atoms with Gasteiger partial charge in [0.15, 0.2) is 5.65 Å². The summed E-state index contributed by atoms with van der Waals surface area (Å²) in [6.45, 7) is 4.85. The highest BCUT2D eigenvalue weighted by molar-refractivity contribution is 5.78. The molecule has 114 valence electrons. The van der Waals surface area contributed by atoms with Crippen molar-refractivity contribution in [3.05, 3.63) is 47.0 Å². The number of hydrogen-bond donors (Lipinski definition) is 1. The van der Waals surface area contributed by atoms with Crippen molar-refractivity contribution >= 4 is 11.2 Å². The van der Waals surface area contributed by atoms with Crippen molar-refractivity contribution in [3.8, 4) is 16.9 Å². The van der Waals surface area contributed by atoms with Gasteiger partial charge in [0.1, 0.15) is 5.75 Å². The first-order valence-corrected chi connectivity index (χ1v) is 7.31. The number of hydrogen-bond acceptors (Lipinski definition) is 3. The van der Waals surface area contributed by atoms with Gasteiger partial charge in [0.25, 0.3) is 0 Å². The van der Waals surface area contributed by atoms with Crippen LogP contribution in [0.4, 0.5) is 0 Å². The summed E-state index contributed by atoms with van der Waals surface area (Å²) in [5, 5.41) is 0. The van der Waals surface area contributed by atoms with Gasteiger partial charge in [-0.25, -0.2) is 9.78 Å². The fourth-order valence-electron chi connectivity index (χ4n) is 2.52. The quantitative estimate of drug-likeness (QED) is 0.805. The molecule has 0 aliphatic heterocycles. The summed E-state index contributed by atoms with van der Waals surface area (Å²) in [4.78, 5) is 19.2. The van der Waals surface area contributed by atoms with Crippen LogP contribution in [0.15, 0.2) is 41.3 Å². The lowest BCUT2D eigenvalue weighted by Crippen LogP contribution is -2.19. The summed E-state index contributed by atoms with van der Waals surface area (Å²) in [5.74, 6) is 1.21. The highest BCUT2D eigenvalue weighted by atomic mass is 16.5. The maximum atomic E-state index is 12.1. The molecule has 2 heterocycles. The van der Waals surface area contributed by atoms with Gasteiger partial charge < -0.3 is 4.74 Å². The second-order valence-corrected chi connectivity index (χ2v) is 5.75. The molecule has 5 heteroatoms. The van der Waals surface area contributed by atoms with Gasteiger partial charge in [0.2, 0.25) is 0 Å². The summed E-state index contributed by atoms with van der Waals surface area (Å²) >= 11 is 0. The Kier molecular flexibility index (Phi) is 3.71. The third kappa shape index (κ3) is 2.62. The van der Waals surface area contributed by atoms with Crippen molar-refractivity contribution in [1.82, 2.24) is 14.5 Å². The van der Waals surface area contributed by atoms with Crippen LogP contribution in [0.5, 0.6) is 5.75 Å². The van der Waals surface area contributed by atoms with E-state index < -0.39 is 0 Å². The number of nitrogens with zero attached hydrogens (tertiary/aromatic N) is 2. The molecule has 0 amide bonds. The second kappa shape index (κ2) is 5.67. The van der Waals surface area contributed by atoms with E-state index in [9.17, 15) is 4.79 Å². The predicted molar refractivity (Wildman–Crippen MR) is 87.2 cm³/mol. The molecule has 2 aromatic heterocycles. The van der Waals surface area contributed by atoms with Crippen molar-refractivity contribution in [2.24, 2.45) is 5.92 Å². The molecule has 0 spiro atoms. The number of pyridine rings is 1. The number of methoxy groups -OCH3 is 1. The van der Waals surface area contributed by atoms with Crippen LogP contribution in [-0.4, -0.2) is 21.6 Å². The van der Waals surface area contributed by atoms with E-state index in [2.05, 4.69) is 23.8 Å². The Morgan fingerprint density at radius 2 is 1.95 bits per heavy atom. The Morgan fingerprint density at radius 3 is 2.59 bits per heavy atom. The van der Waals surface area contributed by atoms with Crippen molar-refractivity contribution in [2.45, 2.75) is 20.4 Å². The van der Waals surface area contributed by atoms with Crippen molar-refractivity contribution < 1.29 is 4.74 Å². The molecule has 3 aromatic rings. The van der Waals surface area contributed by atoms with Crippen molar-refractivity contribution in [1.29, 1.82) is 0 Å². The molecule has 0 aliphatic rings. The molecule has 22 heavy (non-hydrogen) atoms. The zero-order valence-corrected chi connectivity index (χ0v) is 13.0. The standard InChI is InChI=1S/C17H19N3O2/c1-11(2)10-20-15-8-13(9-18-16(15)19-17(20)21)12-4-6-14(22-3)7-5-12/h4-9,11H,10H2,1-3H3,(H,18,19,21). The molecule has 0 bridgehead atoms. The minimum atomic E-state index is -0.108. The Hall–Kier alpha value is -2.56. The average Bonchev–Trinajstić information content (AvgIpc) is 2.82. The summed E-state index contributed by atoms with van der Waals surface area (Å²) in [6.07, 6.45) is 1.78. The van der Waals surface area contributed by atoms with Crippen LogP contribution in [-0.2, 0) is 6.54 Å². The van der Waals surface area contributed by atoms with Gasteiger partial charge in [-0.15, -0.1) is 0 Å². The van der Waals surface area contributed by atoms with Crippen molar-refractivity contribution in [3.63, 3.8) is 0 Å². The third-order valence-electron chi connectivity index (χ3n) is 3.60. The smallest absolute Gasteiger partial charge is 0.327 e. The van der Waals surface area contributed by atoms with Gasteiger partial charge in [-0.1, -0.05) is 26.0 Å². The van der Waals surface area contributed by atoms with E-state index in [0.717, 1.165) is 22.4 Å². The number of imidazole rings is 1. The topological polar surface area (TPSA) is 59.9 Å². The Labute approximate surface area is 128 Å². The van der Waals surface area contributed by atoms with Crippen LogP contribution in [0.3, 0.4) is 0 Å². The van der Waals surface area contributed by atoms with E-state index in [-0.39, 0.29) is 5.69 Å². The van der Waals surface area contributed by atoms with E-state index in [1.54, 1.807) is 17.9 Å². The molecule has 1 N–H and O–H groups in total. The first kappa shape index (κ1) is 14.4. The molecule has 0 fully saturated rings. The maximum absolute atomic E-state index is 12.1. The molecular weight excluding hydrogens is 278 g/mol. The maximum Gasteiger partial charge on any atom is 0.327 e. The molecule has 3 rings (SSSR count). The second-order valence-electron chi connectivity index (χ2n) is 5.75. The number of fused-ring (bicyclic) bond motifs is 1. The van der Waals surface area contributed by atoms with E-state index in [0.29, 0.717) is 18.1 Å². The highest BCUT2D eigenvalue weighted by Gasteiger charge is 2.10. The first-order valence-electron chi connectivity index (χ1n) is 7.31. The van der Waals surface area contributed by atoms with Gasteiger partial charge in [0.05, 0.1) is 12.6 Å². The van der Waals surface area contributed by atoms with Gasteiger partial charge in [-0.2, -0.15) is 0 Å². The van der Waals surface area contributed by atoms with Crippen LogP contribution in [0.1, 0.15) is 13.8 Å². The van der Waals surface area contributed by atoms with Gasteiger partial charge in [0, 0.05) is 18.3 Å². The van der Waals surface area contributed by atoms with Gasteiger partial charge >= 0.3 is 5.69 Å². The van der Waals surface area contributed by atoms with Crippen molar-refractivity contribution in [2.75, 3.05) is 7.11 Å². The summed E-state index contributed by atoms with van der Waals surface area (Å²) in [7, 11) is 1.65. The zero-order chi connectivity index (χ0) is 15.7. The zero-order valence-electron chi connectivity index (χ0n) is 13.0. The minimum Gasteiger partial charge on any atom is -0.497 e. The van der Waals surface area contributed by atoms with Crippen LogP contribution in [0.2, 0.25) is 0 Å². The number of benzene rings is 1. The van der Waals surface area contributed by atoms with E-state index in [1.165, 1.54) is 0 Å². The molecule has 0 saturated carbocycles. The molecule has 0 aliphatic carbocycles. The summed E-state index contributed by atoms with van der Waals surface area (Å²) in [6, 6.07) is 9.80.